The number of hydrogen-bond donors (Lipinski definition) is 2. The summed E-state index contributed by atoms with van der Waals surface area (Å²) in [6, 6.07) is 5.64. The summed E-state index contributed by atoms with van der Waals surface area (Å²) >= 11 is 0. The first kappa shape index (κ1) is 15.5. The smallest absolute Gasteiger partial charge is 0.387 e. The van der Waals surface area contributed by atoms with Gasteiger partial charge in [0, 0.05) is 11.8 Å². The number of benzene rings is 1. The van der Waals surface area contributed by atoms with Crippen LogP contribution in [0, 0.1) is 23.7 Å². The molecule has 1 fully saturated rings. The Balaban J connectivity index is 1.74. The molecule has 1 aromatic carbocycles. The highest BCUT2D eigenvalue weighted by atomic mass is 19.3. The van der Waals surface area contributed by atoms with Crippen molar-refractivity contribution >= 4 is 17.6 Å². The van der Waals surface area contributed by atoms with Crippen LogP contribution in [0.1, 0.15) is 6.42 Å². The van der Waals surface area contributed by atoms with Gasteiger partial charge in [-0.2, -0.15) is 8.78 Å². The first-order valence-electron chi connectivity index (χ1n) is 7.22. The Hall–Kier alpha value is -2.44. The van der Waals surface area contributed by atoms with E-state index >= 15 is 0 Å². The number of ether oxygens (including phenoxy) is 1. The second-order valence-corrected chi connectivity index (χ2v) is 5.73. The summed E-state index contributed by atoms with van der Waals surface area (Å²) in [6.45, 7) is -2.95. The van der Waals surface area contributed by atoms with Crippen LogP contribution in [0.5, 0.6) is 5.75 Å². The van der Waals surface area contributed by atoms with E-state index in [1.807, 2.05) is 12.2 Å². The number of rotatable bonds is 5. The number of carboxylic acid groups (broad SMARTS) is 1. The van der Waals surface area contributed by atoms with E-state index in [4.69, 9.17) is 0 Å². The van der Waals surface area contributed by atoms with E-state index in [-0.39, 0.29) is 17.6 Å². The maximum atomic E-state index is 12.5. The van der Waals surface area contributed by atoms with E-state index < -0.39 is 30.3 Å². The fourth-order valence-corrected chi connectivity index (χ4v) is 3.49. The van der Waals surface area contributed by atoms with Crippen LogP contribution in [0.3, 0.4) is 0 Å². The van der Waals surface area contributed by atoms with Crippen molar-refractivity contribution in [2.24, 2.45) is 23.7 Å². The lowest BCUT2D eigenvalue weighted by Gasteiger charge is -2.23. The van der Waals surface area contributed by atoms with Gasteiger partial charge >= 0.3 is 12.6 Å². The van der Waals surface area contributed by atoms with Crippen molar-refractivity contribution in [1.29, 1.82) is 0 Å². The number of carboxylic acids is 1. The molecule has 5 nitrogen and oxygen atoms in total. The van der Waals surface area contributed by atoms with Gasteiger partial charge in [-0.3, -0.25) is 9.59 Å². The van der Waals surface area contributed by atoms with Gasteiger partial charge in [0.1, 0.15) is 5.75 Å². The molecular weight excluding hydrogens is 308 g/mol. The minimum Gasteiger partial charge on any atom is -0.481 e. The molecule has 2 N–H and O–H groups in total. The molecule has 122 valence electrons. The number of nitrogens with one attached hydrogen (secondary N) is 1. The van der Waals surface area contributed by atoms with Gasteiger partial charge in [-0.1, -0.05) is 18.2 Å². The molecule has 0 aromatic heterocycles. The summed E-state index contributed by atoms with van der Waals surface area (Å²) in [5.74, 6) is -3.09. The fraction of sp³-hybridized carbons (Fsp3) is 0.375. The van der Waals surface area contributed by atoms with Crippen LogP contribution in [0.4, 0.5) is 14.5 Å². The van der Waals surface area contributed by atoms with Crippen molar-refractivity contribution in [3.8, 4) is 5.75 Å². The van der Waals surface area contributed by atoms with Crippen molar-refractivity contribution in [3.63, 3.8) is 0 Å². The normalized spacial score (nSPS) is 28.1. The van der Waals surface area contributed by atoms with Gasteiger partial charge in [0.2, 0.25) is 5.91 Å². The van der Waals surface area contributed by atoms with Gasteiger partial charge in [0.05, 0.1) is 11.8 Å². The van der Waals surface area contributed by atoms with Gasteiger partial charge < -0.3 is 15.2 Å². The topological polar surface area (TPSA) is 75.6 Å². The number of hydrogen-bond acceptors (Lipinski definition) is 3. The average Bonchev–Trinajstić information content (AvgIpc) is 3.07. The third kappa shape index (κ3) is 3.04. The number of allylic oxidation sites excluding steroid dienone is 2. The number of aliphatic carboxylic acids is 1. The van der Waals surface area contributed by atoms with Crippen LogP contribution in [0.25, 0.3) is 0 Å². The van der Waals surface area contributed by atoms with Gasteiger partial charge in [0.15, 0.2) is 0 Å². The molecular formula is C16H15F2NO4. The fourth-order valence-electron chi connectivity index (χ4n) is 3.49. The zero-order valence-corrected chi connectivity index (χ0v) is 12.0. The van der Waals surface area contributed by atoms with Gasteiger partial charge in [0.25, 0.3) is 0 Å². The average molecular weight is 323 g/mol. The van der Waals surface area contributed by atoms with E-state index in [0.717, 1.165) is 0 Å². The Labute approximate surface area is 130 Å². The van der Waals surface area contributed by atoms with E-state index in [2.05, 4.69) is 10.1 Å². The summed E-state index contributed by atoms with van der Waals surface area (Å²) in [6.07, 6.45) is 4.39. The van der Waals surface area contributed by atoms with Crippen molar-refractivity contribution < 1.29 is 28.2 Å². The van der Waals surface area contributed by atoms with E-state index in [1.165, 1.54) is 24.3 Å². The van der Waals surface area contributed by atoms with Crippen LogP contribution < -0.4 is 10.1 Å². The van der Waals surface area contributed by atoms with Crippen molar-refractivity contribution in [2.45, 2.75) is 13.0 Å². The highest BCUT2D eigenvalue weighted by Gasteiger charge is 2.51. The molecule has 2 bridgehead atoms. The number of carbonyl (C=O) groups is 2. The van der Waals surface area contributed by atoms with Crippen molar-refractivity contribution in [2.75, 3.05) is 5.32 Å². The molecule has 0 heterocycles. The minimum atomic E-state index is -2.95. The summed E-state index contributed by atoms with van der Waals surface area (Å²) < 4.78 is 28.7. The third-order valence-electron chi connectivity index (χ3n) is 4.37. The Bertz CT molecular complexity index is 661. The molecule has 2 aliphatic rings. The first-order chi connectivity index (χ1) is 11.0. The highest BCUT2D eigenvalue weighted by molar-refractivity contribution is 5.96. The van der Waals surface area contributed by atoms with Crippen molar-refractivity contribution in [3.05, 3.63) is 36.4 Å². The van der Waals surface area contributed by atoms with Crippen molar-refractivity contribution in [1.82, 2.24) is 0 Å². The van der Waals surface area contributed by atoms with Gasteiger partial charge in [-0.05, 0) is 30.4 Å². The molecule has 23 heavy (non-hydrogen) atoms. The lowest BCUT2D eigenvalue weighted by Crippen LogP contribution is -2.36. The predicted molar refractivity (Wildman–Crippen MR) is 77.1 cm³/mol. The molecule has 0 aliphatic heterocycles. The van der Waals surface area contributed by atoms with Crippen LogP contribution in [0.15, 0.2) is 36.4 Å². The predicted octanol–water partition coefficient (Wildman–Crippen LogP) is 2.75. The molecule has 0 saturated heterocycles. The Morgan fingerprint density at radius 3 is 2.57 bits per heavy atom. The zero-order chi connectivity index (χ0) is 16.6. The second-order valence-electron chi connectivity index (χ2n) is 5.73. The van der Waals surface area contributed by atoms with E-state index in [0.29, 0.717) is 12.1 Å². The minimum absolute atomic E-state index is 0.0691. The molecule has 1 aromatic rings. The summed E-state index contributed by atoms with van der Waals surface area (Å²) in [5, 5.41) is 12.0. The lowest BCUT2D eigenvalue weighted by molar-refractivity contribution is -0.146. The largest absolute Gasteiger partial charge is 0.481 e. The number of carbonyl (C=O) groups excluding carboxylic acids is 1. The summed E-state index contributed by atoms with van der Waals surface area (Å²) in [7, 11) is 0. The SMILES string of the molecule is O=C(O)C1C2C=CC(C2)C1C(=O)Nc1cccc(OC(F)F)c1. The standard InChI is InChI=1S/C16H15F2NO4/c17-16(18)23-11-3-1-2-10(7-11)19-14(20)12-8-4-5-9(6-8)13(12)15(21)22/h1-5,7-9,12-13,16H,6H2,(H,19,20)(H,21,22). The quantitative estimate of drug-likeness (QED) is 0.817. The monoisotopic (exact) mass is 323 g/mol. The van der Waals surface area contributed by atoms with Crippen LogP contribution in [0.2, 0.25) is 0 Å². The number of anilines is 1. The lowest BCUT2D eigenvalue weighted by atomic mass is 9.82. The maximum absolute atomic E-state index is 12.5. The summed E-state index contributed by atoms with van der Waals surface area (Å²) in [5.41, 5.74) is 0.295. The molecule has 3 rings (SSSR count). The Morgan fingerprint density at radius 2 is 1.91 bits per heavy atom. The van der Waals surface area contributed by atoms with Gasteiger partial charge in [-0.25, -0.2) is 0 Å². The van der Waals surface area contributed by atoms with E-state index in [1.54, 1.807) is 0 Å². The van der Waals surface area contributed by atoms with Gasteiger partial charge in [-0.15, -0.1) is 0 Å². The van der Waals surface area contributed by atoms with E-state index in [9.17, 15) is 23.5 Å². The Kier molecular flexibility index (Phi) is 4.02. The first-order valence-corrected chi connectivity index (χ1v) is 7.22. The molecule has 0 radical (unpaired) electrons. The molecule has 7 heteroatoms. The van der Waals surface area contributed by atoms with Crippen LogP contribution in [-0.2, 0) is 9.59 Å². The molecule has 1 amide bonds. The van der Waals surface area contributed by atoms with Crippen LogP contribution in [-0.4, -0.2) is 23.6 Å². The molecule has 2 aliphatic carbocycles. The number of halogens is 2. The Morgan fingerprint density at radius 1 is 1.22 bits per heavy atom. The third-order valence-corrected chi connectivity index (χ3v) is 4.37. The maximum Gasteiger partial charge on any atom is 0.387 e. The summed E-state index contributed by atoms with van der Waals surface area (Å²) in [4.78, 5) is 23.9. The molecule has 4 atom stereocenters. The molecule has 1 saturated carbocycles. The number of amides is 1. The van der Waals surface area contributed by atoms with Crippen LogP contribution >= 0.6 is 0 Å². The molecule has 4 unspecified atom stereocenters. The molecule has 0 spiro atoms. The second kappa shape index (κ2) is 5.98. The number of alkyl halides is 2. The number of fused-ring (bicyclic) bond motifs is 2. The highest BCUT2D eigenvalue weighted by Crippen LogP contribution is 2.48. The zero-order valence-electron chi connectivity index (χ0n) is 12.0.